The summed E-state index contributed by atoms with van der Waals surface area (Å²) in [5, 5.41) is 9.91. The zero-order chi connectivity index (χ0) is 26.5. The quantitative estimate of drug-likeness (QED) is 0.224. The van der Waals surface area contributed by atoms with Crippen LogP contribution in [-0.4, -0.2) is 0 Å². The summed E-state index contributed by atoms with van der Waals surface area (Å²) in [6.07, 6.45) is 0. The summed E-state index contributed by atoms with van der Waals surface area (Å²) in [5.41, 5.74) is 7.12. The van der Waals surface area contributed by atoms with Crippen LogP contribution in [0.25, 0.3) is 76.5 Å². The van der Waals surface area contributed by atoms with Crippen molar-refractivity contribution >= 4 is 43.1 Å². The molecule has 8 aromatic carbocycles. The van der Waals surface area contributed by atoms with Gasteiger partial charge in [0.25, 0.3) is 0 Å². The average Bonchev–Trinajstić information content (AvgIpc) is 3.03. The summed E-state index contributed by atoms with van der Waals surface area (Å²) >= 11 is 0. The Morgan fingerprint density at radius 1 is 0.325 bits per heavy atom. The molecule has 0 amide bonds. The Kier molecular flexibility index (Phi) is 5.24. The van der Waals surface area contributed by atoms with Gasteiger partial charge >= 0.3 is 0 Å². The molecule has 0 heteroatoms. The van der Waals surface area contributed by atoms with E-state index in [-0.39, 0.29) is 0 Å². The molecule has 8 rings (SSSR count). The number of benzene rings is 8. The monoisotopic (exact) mass is 505 g/mol. The molecular formula is C40H25. The van der Waals surface area contributed by atoms with Gasteiger partial charge in [-0.15, -0.1) is 0 Å². The topological polar surface area (TPSA) is 0 Å². The highest BCUT2D eigenvalue weighted by atomic mass is 14.2. The Balaban J connectivity index is 1.54. The first-order chi connectivity index (χ1) is 19.8. The standard InChI is InChI=1S/C40H25/c1-2-14-30-25-31(24-23-27(30)11-1)38-26-39(34-21-9-15-28-12-3-5-17-32(28)34)40(37-20-8-7-19-35(37)38)36-22-10-16-29-13-4-6-18-33(29)36/h1-25H. The Morgan fingerprint density at radius 3 is 1.57 bits per heavy atom. The van der Waals surface area contributed by atoms with Crippen LogP contribution in [0.15, 0.2) is 152 Å². The molecule has 0 aromatic heterocycles. The van der Waals surface area contributed by atoms with E-state index in [4.69, 9.17) is 0 Å². The van der Waals surface area contributed by atoms with Crippen LogP contribution in [0, 0.1) is 6.07 Å². The van der Waals surface area contributed by atoms with Gasteiger partial charge in [0.15, 0.2) is 0 Å². The van der Waals surface area contributed by atoms with Crippen molar-refractivity contribution in [1.29, 1.82) is 0 Å². The molecule has 185 valence electrons. The minimum absolute atomic E-state index is 1.13. The molecule has 0 aliphatic heterocycles. The molecule has 0 N–H and O–H groups in total. The van der Waals surface area contributed by atoms with E-state index in [9.17, 15) is 0 Å². The Hall–Kier alpha value is -5.20. The molecule has 1 radical (unpaired) electrons. The van der Waals surface area contributed by atoms with E-state index in [2.05, 4.69) is 158 Å². The highest BCUT2D eigenvalue weighted by Crippen LogP contribution is 2.46. The maximum absolute atomic E-state index is 4.01. The van der Waals surface area contributed by atoms with E-state index in [0.717, 1.165) is 11.1 Å². The summed E-state index contributed by atoms with van der Waals surface area (Å²) in [7, 11) is 0. The molecule has 0 heterocycles. The van der Waals surface area contributed by atoms with Crippen LogP contribution in [0.1, 0.15) is 0 Å². The van der Waals surface area contributed by atoms with Gasteiger partial charge in [-0.25, -0.2) is 0 Å². The van der Waals surface area contributed by atoms with Crippen molar-refractivity contribution in [3.8, 4) is 33.4 Å². The lowest BCUT2D eigenvalue weighted by Gasteiger charge is -2.20. The van der Waals surface area contributed by atoms with E-state index < -0.39 is 0 Å². The highest BCUT2D eigenvalue weighted by Gasteiger charge is 2.19. The predicted molar refractivity (Wildman–Crippen MR) is 172 cm³/mol. The summed E-state index contributed by atoms with van der Waals surface area (Å²) in [5.74, 6) is 0. The largest absolute Gasteiger partial charge is 0.0616 e. The number of hydrogen-bond acceptors (Lipinski definition) is 0. The fraction of sp³-hybridized carbons (Fsp3) is 0. The molecule has 0 unspecified atom stereocenters. The third-order valence-corrected chi connectivity index (χ3v) is 8.12. The highest BCUT2D eigenvalue weighted by molar-refractivity contribution is 6.16. The minimum atomic E-state index is 1.13. The number of fused-ring (bicyclic) bond motifs is 4. The first-order valence-electron chi connectivity index (χ1n) is 13.8. The summed E-state index contributed by atoms with van der Waals surface area (Å²) in [4.78, 5) is 0. The Bertz CT molecular complexity index is 2210. The van der Waals surface area contributed by atoms with Gasteiger partial charge in [0, 0.05) is 0 Å². The van der Waals surface area contributed by atoms with Crippen LogP contribution in [-0.2, 0) is 0 Å². The predicted octanol–water partition coefficient (Wildman–Crippen LogP) is 11.1. The molecule has 0 saturated heterocycles. The van der Waals surface area contributed by atoms with Gasteiger partial charge in [-0.1, -0.05) is 146 Å². The molecule has 0 nitrogen and oxygen atoms in total. The number of rotatable bonds is 3. The summed E-state index contributed by atoms with van der Waals surface area (Å²) in [6, 6.07) is 58.8. The second kappa shape index (κ2) is 9.22. The molecule has 0 aliphatic rings. The van der Waals surface area contributed by atoms with Crippen LogP contribution in [0.3, 0.4) is 0 Å². The van der Waals surface area contributed by atoms with Crippen LogP contribution >= 0.6 is 0 Å². The van der Waals surface area contributed by atoms with Gasteiger partial charge < -0.3 is 0 Å². The van der Waals surface area contributed by atoms with Crippen LogP contribution in [0.5, 0.6) is 0 Å². The van der Waals surface area contributed by atoms with Crippen molar-refractivity contribution in [3.63, 3.8) is 0 Å². The van der Waals surface area contributed by atoms with Crippen LogP contribution in [0.4, 0.5) is 0 Å². The molecule has 8 aromatic rings. The third-order valence-electron chi connectivity index (χ3n) is 8.12. The van der Waals surface area contributed by atoms with Gasteiger partial charge in [0.05, 0.1) is 0 Å². The molecule has 0 saturated carbocycles. The van der Waals surface area contributed by atoms with E-state index in [1.165, 1.54) is 65.3 Å². The van der Waals surface area contributed by atoms with Crippen LogP contribution < -0.4 is 0 Å². The maximum Gasteiger partial charge on any atom is -0.0000933 e. The SMILES string of the molecule is [c]1c(-c2cccc3ccccc23)c(-c2cccc3ccccc23)c2ccccc2c1-c1ccc2ccccc2c1. The van der Waals surface area contributed by atoms with Crippen molar-refractivity contribution in [2.24, 2.45) is 0 Å². The smallest absolute Gasteiger partial charge is 0.0000933 e. The Labute approximate surface area is 233 Å². The Morgan fingerprint density at radius 2 is 0.850 bits per heavy atom. The van der Waals surface area contributed by atoms with Crippen molar-refractivity contribution in [2.75, 3.05) is 0 Å². The van der Waals surface area contributed by atoms with Gasteiger partial charge in [-0.2, -0.15) is 0 Å². The molecule has 0 aliphatic carbocycles. The van der Waals surface area contributed by atoms with Crippen molar-refractivity contribution < 1.29 is 0 Å². The lowest BCUT2D eigenvalue weighted by Crippen LogP contribution is -1.94. The van der Waals surface area contributed by atoms with E-state index in [0.29, 0.717) is 0 Å². The first kappa shape index (κ1) is 22.8. The average molecular weight is 506 g/mol. The zero-order valence-electron chi connectivity index (χ0n) is 21.9. The van der Waals surface area contributed by atoms with E-state index in [1.54, 1.807) is 0 Å². The second-order valence-electron chi connectivity index (χ2n) is 10.4. The first-order valence-corrected chi connectivity index (χ1v) is 13.8. The van der Waals surface area contributed by atoms with Gasteiger partial charge in [-0.3, -0.25) is 0 Å². The van der Waals surface area contributed by atoms with Crippen molar-refractivity contribution in [1.82, 2.24) is 0 Å². The molecule has 0 atom stereocenters. The van der Waals surface area contributed by atoms with Gasteiger partial charge in [0.2, 0.25) is 0 Å². The van der Waals surface area contributed by atoms with Gasteiger partial charge in [0.1, 0.15) is 0 Å². The molecular weight excluding hydrogens is 480 g/mol. The molecule has 0 bridgehead atoms. The minimum Gasteiger partial charge on any atom is -0.0616 e. The second-order valence-corrected chi connectivity index (χ2v) is 10.4. The molecule has 0 spiro atoms. The number of hydrogen-bond donors (Lipinski definition) is 0. The molecule has 40 heavy (non-hydrogen) atoms. The van der Waals surface area contributed by atoms with Crippen LogP contribution in [0.2, 0.25) is 0 Å². The zero-order valence-corrected chi connectivity index (χ0v) is 21.9. The lowest BCUT2D eigenvalue weighted by molar-refractivity contribution is 1.62. The fourth-order valence-corrected chi connectivity index (χ4v) is 6.25. The normalized spacial score (nSPS) is 11.5. The lowest BCUT2D eigenvalue weighted by atomic mass is 9.83. The maximum atomic E-state index is 4.01. The van der Waals surface area contributed by atoms with E-state index in [1.807, 2.05) is 0 Å². The van der Waals surface area contributed by atoms with E-state index >= 15 is 0 Å². The summed E-state index contributed by atoms with van der Waals surface area (Å²) in [6.45, 7) is 0. The van der Waals surface area contributed by atoms with Crippen molar-refractivity contribution in [3.05, 3.63) is 158 Å². The third kappa shape index (κ3) is 3.61. The summed E-state index contributed by atoms with van der Waals surface area (Å²) < 4.78 is 0. The fourth-order valence-electron chi connectivity index (χ4n) is 6.25. The van der Waals surface area contributed by atoms with Gasteiger partial charge in [-0.05, 0) is 88.6 Å². The van der Waals surface area contributed by atoms with Crippen molar-refractivity contribution in [2.45, 2.75) is 0 Å². The molecule has 0 fully saturated rings.